The van der Waals surface area contributed by atoms with Crippen molar-refractivity contribution in [3.8, 4) is 28.8 Å². The SMILES string of the molecule is Cc1c(-c2ccnn2-c2ccc(C#N)cc2)n(C(=O)N[C@H]2CC[C@@H](C(=O)NCC[N+](C)(C)C)CC2)c(=O)n1-c1cccc(C(F)(F)F)c1. The van der Waals surface area contributed by atoms with E-state index in [1.807, 2.05) is 21.1 Å². The highest BCUT2D eigenvalue weighted by Crippen LogP contribution is 2.32. The molecule has 1 aliphatic rings. The Balaban J connectivity index is 1.48. The molecule has 0 saturated heterocycles. The summed E-state index contributed by atoms with van der Waals surface area (Å²) in [7, 11) is 6.15. The minimum atomic E-state index is -4.65. The Hall–Kier alpha value is -5.16. The van der Waals surface area contributed by atoms with E-state index in [0.717, 1.165) is 32.3 Å². The van der Waals surface area contributed by atoms with Crippen molar-refractivity contribution >= 4 is 11.9 Å². The summed E-state index contributed by atoms with van der Waals surface area (Å²) in [6.45, 7) is 2.91. The molecule has 1 saturated carbocycles. The molecule has 1 aliphatic carbocycles. The van der Waals surface area contributed by atoms with Crippen molar-refractivity contribution in [2.75, 3.05) is 34.2 Å². The third kappa shape index (κ3) is 7.36. The maximum Gasteiger partial charge on any atom is 0.416 e. The van der Waals surface area contributed by atoms with Gasteiger partial charge in [0, 0.05) is 12.0 Å². The molecule has 0 unspecified atom stereocenters. The number of carbonyl (C=O) groups is 2. The molecule has 5 rings (SSSR count). The van der Waals surface area contributed by atoms with Crippen LogP contribution in [-0.4, -0.2) is 75.6 Å². The Morgan fingerprint density at radius 1 is 1.02 bits per heavy atom. The lowest BCUT2D eigenvalue weighted by atomic mass is 9.85. The molecular formula is C34H38F3N8O3+. The standard InChI is InChI=1S/C34H37F3N8O3/c1-22-30(29-16-17-40-44(29)27-14-8-23(21-38)9-15-27)43(33(48)42(22)28-7-5-6-25(20-28)34(35,36)37)32(47)41-26-12-10-24(11-13-26)31(46)39-18-19-45(2,3)4/h5-9,14-17,20,24,26H,10-13,18-19H2,1-4H3,(H-,39,41,46,47)/p+1/t24-,26+. The molecule has 0 aliphatic heterocycles. The van der Waals surface area contributed by atoms with Crippen LogP contribution in [0, 0.1) is 24.2 Å². The molecule has 2 heterocycles. The average molecular weight is 664 g/mol. The molecule has 0 atom stereocenters. The van der Waals surface area contributed by atoms with Crippen LogP contribution in [0.15, 0.2) is 65.6 Å². The van der Waals surface area contributed by atoms with E-state index < -0.39 is 23.5 Å². The summed E-state index contributed by atoms with van der Waals surface area (Å²) in [5.74, 6) is -0.202. The van der Waals surface area contributed by atoms with E-state index in [-0.39, 0.29) is 34.9 Å². The Kier molecular flexibility index (Phi) is 9.63. The number of amides is 2. The van der Waals surface area contributed by atoms with Gasteiger partial charge in [0.05, 0.1) is 80.4 Å². The van der Waals surface area contributed by atoms with Crippen molar-refractivity contribution in [3.05, 3.63) is 88.1 Å². The highest BCUT2D eigenvalue weighted by atomic mass is 19.4. The molecule has 2 aromatic carbocycles. The summed E-state index contributed by atoms with van der Waals surface area (Å²) >= 11 is 0. The normalized spacial score (nSPS) is 16.7. The lowest BCUT2D eigenvalue weighted by Gasteiger charge is -2.29. The number of halogens is 3. The average Bonchev–Trinajstić information content (AvgIpc) is 3.62. The summed E-state index contributed by atoms with van der Waals surface area (Å²) in [5.41, 5.74) is -0.181. The number of hydrogen-bond acceptors (Lipinski definition) is 5. The molecule has 14 heteroatoms. The molecular weight excluding hydrogens is 625 g/mol. The summed E-state index contributed by atoms with van der Waals surface area (Å²) in [6.07, 6.45) is -1.03. The predicted molar refractivity (Wildman–Crippen MR) is 173 cm³/mol. The Morgan fingerprint density at radius 2 is 1.71 bits per heavy atom. The zero-order valence-corrected chi connectivity index (χ0v) is 27.2. The molecule has 0 bridgehead atoms. The first kappa shape index (κ1) is 34.2. The number of carbonyl (C=O) groups excluding carboxylic acids is 2. The van der Waals surface area contributed by atoms with Gasteiger partial charge in [-0.25, -0.2) is 18.8 Å². The highest BCUT2D eigenvalue weighted by molar-refractivity contribution is 5.83. The molecule has 48 heavy (non-hydrogen) atoms. The number of imidazole rings is 1. The van der Waals surface area contributed by atoms with Crippen LogP contribution < -0.4 is 16.3 Å². The Bertz CT molecular complexity index is 1900. The second-order valence-corrected chi connectivity index (χ2v) is 13.0. The van der Waals surface area contributed by atoms with Gasteiger partial charge in [0.2, 0.25) is 5.91 Å². The van der Waals surface area contributed by atoms with Gasteiger partial charge in [0.1, 0.15) is 5.69 Å². The summed E-state index contributed by atoms with van der Waals surface area (Å²) < 4.78 is 45.2. The molecule has 1 fully saturated rings. The lowest BCUT2D eigenvalue weighted by molar-refractivity contribution is -0.869. The van der Waals surface area contributed by atoms with Crippen molar-refractivity contribution in [1.29, 1.82) is 5.26 Å². The van der Waals surface area contributed by atoms with Crippen molar-refractivity contribution in [2.45, 2.75) is 44.8 Å². The van der Waals surface area contributed by atoms with Gasteiger partial charge in [0.25, 0.3) is 0 Å². The smallest absolute Gasteiger partial charge is 0.350 e. The lowest BCUT2D eigenvalue weighted by Crippen LogP contribution is -2.46. The van der Waals surface area contributed by atoms with Gasteiger partial charge >= 0.3 is 17.9 Å². The molecule has 4 aromatic rings. The molecule has 0 radical (unpaired) electrons. The number of benzene rings is 2. The predicted octanol–water partition coefficient (Wildman–Crippen LogP) is 4.63. The minimum Gasteiger partial charge on any atom is -0.350 e. The fraction of sp³-hybridized carbons (Fsp3) is 0.382. The molecule has 0 spiro atoms. The second-order valence-electron chi connectivity index (χ2n) is 13.0. The van der Waals surface area contributed by atoms with Gasteiger partial charge in [-0.2, -0.15) is 23.5 Å². The number of nitrogens with one attached hydrogen (secondary N) is 2. The topological polar surface area (TPSA) is 127 Å². The number of likely N-dealkylation sites (N-methyl/N-ethyl adjacent to an activating group) is 1. The quantitative estimate of drug-likeness (QED) is 0.266. The van der Waals surface area contributed by atoms with Crippen molar-refractivity contribution in [2.24, 2.45) is 5.92 Å². The molecule has 252 valence electrons. The molecule has 2 N–H and O–H groups in total. The van der Waals surface area contributed by atoms with E-state index in [2.05, 4.69) is 21.8 Å². The molecule has 2 aromatic heterocycles. The maximum absolute atomic E-state index is 14.1. The molecule has 11 nitrogen and oxygen atoms in total. The first-order chi connectivity index (χ1) is 22.7. The first-order valence-corrected chi connectivity index (χ1v) is 15.6. The van der Waals surface area contributed by atoms with Crippen LogP contribution in [0.2, 0.25) is 0 Å². The number of rotatable bonds is 8. The second kappa shape index (κ2) is 13.5. The zero-order chi connectivity index (χ0) is 34.8. The van der Waals surface area contributed by atoms with Crippen LogP contribution in [0.4, 0.5) is 18.0 Å². The van der Waals surface area contributed by atoms with Crippen LogP contribution >= 0.6 is 0 Å². The zero-order valence-electron chi connectivity index (χ0n) is 27.2. The van der Waals surface area contributed by atoms with E-state index in [9.17, 15) is 32.8 Å². The minimum absolute atomic E-state index is 0.0171. The van der Waals surface area contributed by atoms with E-state index in [1.165, 1.54) is 23.0 Å². The van der Waals surface area contributed by atoms with Crippen LogP contribution in [0.3, 0.4) is 0 Å². The number of aromatic nitrogens is 4. The van der Waals surface area contributed by atoms with E-state index in [0.29, 0.717) is 49.2 Å². The van der Waals surface area contributed by atoms with Crippen molar-refractivity contribution in [3.63, 3.8) is 0 Å². The number of nitriles is 1. The van der Waals surface area contributed by atoms with Gasteiger partial charge < -0.3 is 15.1 Å². The van der Waals surface area contributed by atoms with Crippen LogP contribution in [0.1, 0.15) is 42.5 Å². The van der Waals surface area contributed by atoms with Gasteiger partial charge in [-0.05, 0) is 81.1 Å². The number of nitrogens with zero attached hydrogens (tertiary/aromatic N) is 6. The first-order valence-electron chi connectivity index (χ1n) is 15.6. The third-order valence-corrected chi connectivity index (χ3v) is 8.55. The largest absolute Gasteiger partial charge is 0.416 e. The van der Waals surface area contributed by atoms with Gasteiger partial charge in [0.15, 0.2) is 0 Å². The fourth-order valence-electron chi connectivity index (χ4n) is 5.98. The van der Waals surface area contributed by atoms with Crippen LogP contribution in [-0.2, 0) is 11.0 Å². The fourth-order valence-corrected chi connectivity index (χ4v) is 5.98. The Morgan fingerprint density at radius 3 is 2.33 bits per heavy atom. The molecule has 2 amide bonds. The Labute approximate surface area is 275 Å². The van der Waals surface area contributed by atoms with Crippen molar-refractivity contribution < 1.29 is 27.2 Å². The van der Waals surface area contributed by atoms with E-state index in [4.69, 9.17) is 0 Å². The summed E-state index contributed by atoms with van der Waals surface area (Å²) in [6, 6.07) is 13.5. The van der Waals surface area contributed by atoms with E-state index >= 15 is 0 Å². The maximum atomic E-state index is 14.1. The highest BCUT2D eigenvalue weighted by Gasteiger charge is 2.33. The van der Waals surface area contributed by atoms with Crippen LogP contribution in [0.5, 0.6) is 0 Å². The monoisotopic (exact) mass is 663 g/mol. The van der Waals surface area contributed by atoms with Crippen molar-refractivity contribution in [1.82, 2.24) is 29.5 Å². The van der Waals surface area contributed by atoms with Crippen LogP contribution in [0.25, 0.3) is 22.8 Å². The third-order valence-electron chi connectivity index (χ3n) is 8.55. The number of alkyl halides is 3. The van der Waals surface area contributed by atoms with Gasteiger partial charge in [-0.3, -0.25) is 9.36 Å². The van der Waals surface area contributed by atoms with Gasteiger partial charge in [-0.1, -0.05) is 6.07 Å². The number of hydrogen-bond donors (Lipinski definition) is 2. The van der Waals surface area contributed by atoms with E-state index in [1.54, 1.807) is 37.3 Å². The summed E-state index contributed by atoms with van der Waals surface area (Å²) in [5, 5.41) is 19.5. The number of quaternary nitrogens is 1. The summed E-state index contributed by atoms with van der Waals surface area (Å²) in [4.78, 5) is 40.8. The van der Waals surface area contributed by atoms with Gasteiger partial charge in [-0.15, -0.1) is 0 Å².